The Bertz CT molecular complexity index is 543. The molecule has 2 N–H and O–H groups in total. The summed E-state index contributed by atoms with van der Waals surface area (Å²) in [6, 6.07) is 3.01. The van der Waals surface area contributed by atoms with Gasteiger partial charge >= 0.3 is 0 Å². The smallest absolute Gasteiger partial charge is 0.220 e. The normalized spacial score (nSPS) is 18.0. The number of nitrogens with one attached hydrogen (secondary N) is 2. The molecule has 1 saturated heterocycles. The molecule has 0 saturated carbocycles. The van der Waals surface area contributed by atoms with Gasteiger partial charge in [-0.2, -0.15) is 0 Å². The summed E-state index contributed by atoms with van der Waals surface area (Å²) in [4.78, 5) is 23.6. The van der Waals surface area contributed by atoms with Crippen molar-refractivity contribution in [2.45, 2.75) is 25.7 Å². The maximum Gasteiger partial charge on any atom is 0.220 e. The zero-order valence-electron chi connectivity index (χ0n) is 12.3. The molecule has 1 amide bonds. The molecule has 1 atom stereocenters. The lowest BCUT2D eigenvalue weighted by Crippen LogP contribution is -2.38. The lowest BCUT2D eigenvalue weighted by atomic mass is 9.99. The molecule has 1 aromatic rings. The van der Waals surface area contributed by atoms with Crippen LogP contribution in [0.15, 0.2) is 18.2 Å². The zero-order chi connectivity index (χ0) is 15.9. The van der Waals surface area contributed by atoms with Gasteiger partial charge in [0, 0.05) is 24.9 Å². The van der Waals surface area contributed by atoms with Gasteiger partial charge in [0.15, 0.2) is 17.4 Å². The second-order valence-corrected chi connectivity index (χ2v) is 5.57. The number of halogens is 2. The summed E-state index contributed by atoms with van der Waals surface area (Å²) in [6.07, 6.45) is 2.23. The first-order chi connectivity index (χ1) is 10.6. The van der Waals surface area contributed by atoms with E-state index in [-0.39, 0.29) is 30.1 Å². The number of ketones is 1. The van der Waals surface area contributed by atoms with E-state index in [9.17, 15) is 18.4 Å². The number of piperidine rings is 1. The van der Waals surface area contributed by atoms with E-state index in [4.69, 9.17) is 0 Å². The highest BCUT2D eigenvalue weighted by Gasteiger charge is 2.15. The predicted molar refractivity (Wildman–Crippen MR) is 78.5 cm³/mol. The number of amides is 1. The first-order valence-electron chi connectivity index (χ1n) is 7.52. The average Bonchev–Trinajstić information content (AvgIpc) is 2.54. The summed E-state index contributed by atoms with van der Waals surface area (Å²) in [6.45, 7) is 2.52. The molecule has 2 rings (SSSR count). The standard InChI is InChI=1S/C16H20F2N2O2/c17-13-4-3-12(8-14(13)18)15(21)5-6-16(22)20-10-11-2-1-7-19-9-11/h3-4,8,11,19H,1-2,5-7,9-10H2,(H,20,22). The van der Waals surface area contributed by atoms with Crippen molar-refractivity contribution >= 4 is 11.7 Å². The van der Waals surface area contributed by atoms with E-state index < -0.39 is 11.6 Å². The van der Waals surface area contributed by atoms with Crippen molar-refractivity contribution in [3.05, 3.63) is 35.4 Å². The van der Waals surface area contributed by atoms with Crippen LogP contribution in [-0.2, 0) is 4.79 Å². The van der Waals surface area contributed by atoms with Gasteiger partial charge in [0.2, 0.25) is 5.91 Å². The third-order valence-corrected chi connectivity index (χ3v) is 3.81. The fraction of sp³-hybridized carbons (Fsp3) is 0.500. The summed E-state index contributed by atoms with van der Waals surface area (Å²) in [5.74, 6) is -2.18. The minimum absolute atomic E-state index is 0.0141. The van der Waals surface area contributed by atoms with Crippen LogP contribution in [0.25, 0.3) is 0 Å². The quantitative estimate of drug-likeness (QED) is 0.791. The molecular formula is C16H20F2N2O2. The van der Waals surface area contributed by atoms with Crippen LogP contribution >= 0.6 is 0 Å². The Morgan fingerprint density at radius 1 is 1.23 bits per heavy atom. The van der Waals surface area contributed by atoms with Gasteiger partial charge in [-0.15, -0.1) is 0 Å². The van der Waals surface area contributed by atoms with Crippen molar-refractivity contribution in [1.82, 2.24) is 10.6 Å². The Kier molecular flexibility index (Phi) is 6.00. The largest absolute Gasteiger partial charge is 0.356 e. The van der Waals surface area contributed by atoms with Crippen LogP contribution in [0.3, 0.4) is 0 Å². The average molecular weight is 310 g/mol. The molecule has 120 valence electrons. The van der Waals surface area contributed by atoms with Gasteiger partial charge in [0.25, 0.3) is 0 Å². The number of Topliss-reactive ketones (excluding diaryl/α,β-unsaturated/α-hetero) is 1. The van der Waals surface area contributed by atoms with Gasteiger partial charge in [0.1, 0.15) is 0 Å². The minimum Gasteiger partial charge on any atom is -0.356 e. The van der Waals surface area contributed by atoms with Gasteiger partial charge in [0.05, 0.1) is 0 Å². The van der Waals surface area contributed by atoms with E-state index in [2.05, 4.69) is 10.6 Å². The Morgan fingerprint density at radius 2 is 2.05 bits per heavy atom. The van der Waals surface area contributed by atoms with Crippen molar-refractivity contribution in [3.8, 4) is 0 Å². The monoisotopic (exact) mass is 310 g/mol. The van der Waals surface area contributed by atoms with E-state index in [0.29, 0.717) is 12.5 Å². The van der Waals surface area contributed by atoms with Gasteiger partial charge in [-0.1, -0.05) is 0 Å². The summed E-state index contributed by atoms with van der Waals surface area (Å²) in [5.41, 5.74) is 0.0863. The Balaban J connectivity index is 1.73. The zero-order valence-corrected chi connectivity index (χ0v) is 12.3. The van der Waals surface area contributed by atoms with Crippen LogP contribution in [0, 0.1) is 17.6 Å². The lowest BCUT2D eigenvalue weighted by molar-refractivity contribution is -0.121. The summed E-state index contributed by atoms with van der Waals surface area (Å²) in [7, 11) is 0. The molecule has 0 radical (unpaired) electrons. The first-order valence-corrected chi connectivity index (χ1v) is 7.52. The lowest BCUT2D eigenvalue weighted by Gasteiger charge is -2.22. The molecule has 1 aliphatic rings. The van der Waals surface area contributed by atoms with Crippen LogP contribution in [-0.4, -0.2) is 31.3 Å². The number of carbonyl (C=O) groups is 2. The molecule has 1 aliphatic heterocycles. The molecule has 1 fully saturated rings. The van der Waals surface area contributed by atoms with Crippen LogP contribution in [0.4, 0.5) is 8.78 Å². The SMILES string of the molecule is O=C(CCC(=O)c1ccc(F)c(F)c1)NCC1CCCNC1. The Hall–Kier alpha value is -1.82. The van der Waals surface area contributed by atoms with E-state index in [1.165, 1.54) is 6.07 Å². The molecule has 4 nitrogen and oxygen atoms in total. The third-order valence-electron chi connectivity index (χ3n) is 3.81. The summed E-state index contributed by atoms with van der Waals surface area (Å²) >= 11 is 0. The highest BCUT2D eigenvalue weighted by Crippen LogP contribution is 2.12. The molecular weight excluding hydrogens is 290 g/mol. The van der Waals surface area contributed by atoms with E-state index in [0.717, 1.165) is 38.1 Å². The van der Waals surface area contributed by atoms with E-state index in [1.54, 1.807) is 0 Å². The molecule has 1 heterocycles. The number of rotatable bonds is 6. The van der Waals surface area contributed by atoms with Crippen molar-refractivity contribution in [3.63, 3.8) is 0 Å². The first kappa shape index (κ1) is 16.5. The van der Waals surface area contributed by atoms with Crippen molar-refractivity contribution < 1.29 is 18.4 Å². The van der Waals surface area contributed by atoms with Crippen LogP contribution in [0.1, 0.15) is 36.0 Å². The highest BCUT2D eigenvalue weighted by molar-refractivity contribution is 5.97. The third kappa shape index (κ3) is 4.87. The van der Waals surface area contributed by atoms with Gasteiger partial charge < -0.3 is 10.6 Å². The Labute approximate surface area is 128 Å². The predicted octanol–water partition coefficient (Wildman–Crippen LogP) is 2.04. The molecule has 1 unspecified atom stereocenters. The van der Waals surface area contributed by atoms with E-state index >= 15 is 0 Å². The number of carbonyl (C=O) groups excluding carboxylic acids is 2. The number of benzene rings is 1. The number of hydrogen-bond donors (Lipinski definition) is 2. The van der Waals surface area contributed by atoms with Crippen molar-refractivity contribution in [2.75, 3.05) is 19.6 Å². The van der Waals surface area contributed by atoms with Crippen molar-refractivity contribution in [2.24, 2.45) is 5.92 Å². The van der Waals surface area contributed by atoms with Crippen molar-refractivity contribution in [1.29, 1.82) is 0 Å². The number of hydrogen-bond acceptors (Lipinski definition) is 3. The Morgan fingerprint density at radius 3 is 2.73 bits per heavy atom. The molecule has 0 spiro atoms. The van der Waals surface area contributed by atoms with Gasteiger partial charge in [-0.3, -0.25) is 9.59 Å². The highest BCUT2D eigenvalue weighted by atomic mass is 19.2. The minimum atomic E-state index is -1.06. The maximum absolute atomic E-state index is 13.1. The second-order valence-electron chi connectivity index (χ2n) is 5.57. The van der Waals surface area contributed by atoms with Crippen LogP contribution < -0.4 is 10.6 Å². The molecule has 0 bridgehead atoms. The fourth-order valence-electron chi connectivity index (χ4n) is 2.49. The van der Waals surface area contributed by atoms with Crippen LogP contribution in [0.5, 0.6) is 0 Å². The maximum atomic E-state index is 13.1. The summed E-state index contributed by atoms with van der Waals surface area (Å²) in [5, 5.41) is 6.08. The molecule has 0 aromatic heterocycles. The topological polar surface area (TPSA) is 58.2 Å². The molecule has 0 aliphatic carbocycles. The van der Waals surface area contributed by atoms with E-state index in [1.807, 2.05) is 0 Å². The molecule has 22 heavy (non-hydrogen) atoms. The molecule has 6 heteroatoms. The van der Waals surface area contributed by atoms with Crippen LogP contribution in [0.2, 0.25) is 0 Å². The fourth-order valence-corrected chi connectivity index (χ4v) is 2.49. The summed E-state index contributed by atoms with van der Waals surface area (Å²) < 4.78 is 25.9. The van der Waals surface area contributed by atoms with Gasteiger partial charge in [-0.05, 0) is 50.0 Å². The van der Waals surface area contributed by atoms with Gasteiger partial charge in [-0.25, -0.2) is 8.78 Å². The molecule has 1 aromatic carbocycles. The second kappa shape index (κ2) is 7.98.